The highest BCUT2D eigenvalue weighted by atomic mass is 35.5. The van der Waals surface area contributed by atoms with Gasteiger partial charge in [-0.15, -0.1) is 5.10 Å². The van der Waals surface area contributed by atoms with E-state index in [4.69, 9.17) is 22.1 Å². The number of amides is 3. The molecular formula is C44H46ClN9O5. The van der Waals surface area contributed by atoms with Gasteiger partial charge in [-0.25, -0.2) is 4.98 Å². The van der Waals surface area contributed by atoms with E-state index in [2.05, 4.69) is 36.9 Å². The number of hydrogen-bond donors (Lipinski definition) is 1. The third-order valence-corrected chi connectivity index (χ3v) is 12.9. The number of rotatable bonds is 8. The summed E-state index contributed by atoms with van der Waals surface area (Å²) in [6.07, 6.45) is 3.28. The number of anilines is 1. The minimum Gasteiger partial charge on any atom is -0.489 e. The van der Waals surface area contributed by atoms with Crippen LogP contribution in [0.2, 0.25) is 5.02 Å². The third kappa shape index (κ3) is 7.40. The zero-order chi connectivity index (χ0) is 41.8. The maximum absolute atomic E-state index is 14.3. The van der Waals surface area contributed by atoms with E-state index in [0.717, 1.165) is 55.9 Å². The van der Waals surface area contributed by atoms with E-state index < -0.39 is 46.4 Å². The lowest BCUT2D eigenvalue weighted by Gasteiger charge is -2.65. The molecule has 0 radical (unpaired) electrons. The Labute approximate surface area is 347 Å². The lowest BCUT2D eigenvalue weighted by molar-refractivity contribution is -0.216. The van der Waals surface area contributed by atoms with Gasteiger partial charge >= 0.3 is 0 Å². The monoisotopic (exact) mass is 815 g/mol. The van der Waals surface area contributed by atoms with E-state index in [9.17, 15) is 24.4 Å². The zero-order valence-corrected chi connectivity index (χ0v) is 34.3. The van der Waals surface area contributed by atoms with Crippen molar-refractivity contribution in [1.82, 2.24) is 29.8 Å². The predicted molar refractivity (Wildman–Crippen MR) is 220 cm³/mol. The number of fused-ring (bicyclic) bond motifs is 1. The highest BCUT2D eigenvalue weighted by Crippen LogP contribution is 2.59. The summed E-state index contributed by atoms with van der Waals surface area (Å²) in [6.45, 7) is 12.6. The van der Waals surface area contributed by atoms with Gasteiger partial charge < -0.3 is 20.3 Å². The number of pyridine rings is 1. The van der Waals surface area contributed by atoms with E-state index in [1.54, 1.807) is 36.4 Å². The molecule has 14 nitrogen and oxygen atoms in total. The fourth-order valence-corrected chi connectivity index (χ4v) is 10.1. The first-order chi connectivity index (χ1) is 28.1. The van der Waals surface area contributed by atoms with Crippen LogP contribution in [0.25, 0.3) is 10.9 Å². The molecule has 3 saturated heterocycles. The second kappa shape index (κ2) is 15.4. The van der Waals surface area contributed by atoms with Gasteiger partial charge in [-0.05, 0) is 80.7 Å². The minimum atomic E-state index is -0.979. The van der Waals surface area contributed by atoms with Crippen LogP contribution in [0, 0.1) is 45.8 Å². The van der Waals surface area contributed by atoms with Gasteiger partial charge in [0.25, 0.3) is 11.5 Å². The molecule has 0 bridgehead atoms. The van der Waals surface area contributed by atoms with Crippen molar-refractivity contribution >= 4 is 45.9 Å². The molecule has 1 aliphatic carbocycles. The maximum Gasteiger partial charge on any atom is 0.278 e. The Morgan fingerprint density at radius 1 is 1.00 bits per heavy atom. The van der Waals surface area contributed by atoms with Crippen molar-refractivity contribution in [2.75, 3.05) is 37.6 Å². The molecule has 1 unspecified atom stereocenters. The smallest absolute Gasteiger partial charge is 0.278 e. The predicted octanol–water partition coefficient (Wildman–Crippen LogP) is 4.58. The van der Waals surface area contributed by atoms with Crippen LogP contribution in [-0.4, -0.2) is 92.4 Å². The summed E-state index contributed by atoms with van der Waals surface area (Å²) in [4.78, 5) is 63.3. The van der Waals surface area contributed by atoms with Gasteiger partial charge in [-0.2, -0.15) is 9.94 Å². The molecule has 2 aromatic carbocycles. The number of nitriles is 1. The first-order valence-electron chi connectivity index (χ1n) is 20.0. The molecule has 2 aromatic heterocycles. The Balaban J connectivity index is 0.880. The topological polar surface area (TPSA) is 181 Å². The number of ether oxygens (including phenoxy) is 1. The average molecular weight is 816 g/mol. The molecular weight excluding hydrogens is 770 g/mol. The first kappa shape index (κ1) is 40.0. The number of likely N-dealkylation sites (tertiary alicyclic amines) is 2. The molecule has 59 heavy (non-hydrogen) atoms. The lowest BCUT2D eigenvalue weighted by atomic mass is 9.48. The number of nitrogens with zero attached hydrogens (tertiary/aromatic N) is 8. The number of halogens is 1. The molecule has 5 heterocycles. The third-order valence-electron chi connectivity index (χ3n) is 12.6. The zero-order valence-electron chi connectivity index (χ0n) is 33.5. The number of aromatic nitrogens is 4. The number of carbonyl (C=O) groups excluding carboxylic acids is 3. The molecule has 4 aromatic rings. The highest BCUT2D eigenvalue weighted by molar-refractivity contribution is 6.31. The number of hydrogen-bond acceptors (Lipinski definition) is 11. The van der Waals surface area contributed by atoms with Crippen molar-refractivity contribution in [2.24, 2.45) is 28.4 Å². The maximum atomic E-state index is 14.3. The fourth-order valence-electron chi connectivity index (χ4n) is 9.91. The largest absolute Gasteiger partial charge is 0.489 e. The van der Waals surface area contributed by atoms with Crippen LogP contribution in [0.4, 0.5) is 5.69 Å². The Morgan fingerprint density at radius 3 is 2.41 bits per heavy atom. The van der Waals surface area contributed by atoms with Crippen molar-refractivity contribution in [3.05, 3.63) is 86.9 Å². The van der Waals surface area contributed by atoms with Crippen molar-refractivity contribution in [2.45, 2.75) is 71.6 Å². The molecule has 3 aliphatic heterocycles. The van der Waals surface area contributed by atoms with Gasteiger partial charge in [-0.3, -0.25) is 24.1 Å². The van der Waals surface area contributed by atoms with Gasteiger partial charge in [0.05, 0.1) is 27.6 Å². The van der Waals surface area contributed by atoms with E-state index in [1.807, 2.05) is 45.9 Å². The van der Waals surface area contributed by atoms with Gasteiger partial charge in [0, 0.05) is 66.7 Å². The second-order valence-corrected chi connectivity index (χ2v) is 17.8. The number of piperidine rings is 2. The molecule has 0 spiro atoms. The Kier molecular flexibility index (Phi) is 10.4. The summed E-state index contributed by atoms with van der Waals surface area (Å²) in [5.41, 5.74) is 6.32. The summed E-state index contributed by atoms with van der Waals surface area (Å²) < 4.78 is 7.54. The van der Waals surface area contributed by atoms with Gasteiger partial charge in [0.2, 0.25) is 11.8 Å². The van der Waals surface area contributed by atoms with Crippen LogP contribution < -0.4 is 20.9 Å². The number of primary amides is 1. The Bertz CT molecular complexity index is 2490. The van der Waals surface area contributed by atoms with Crippen LogP contribution >= 0.6 is 11.6 Å². The van der Waals surface area contributed by atoms with Gasteiger partial charge in [0.1, 0.15) is 35.2 Å². The lowest BCUT2D eigenvalue weighted by Crippen LogP contribution is -2.77. The van der Waals surface area contributed by atoms with E-state index in [1.165, 1.54) is 11.1 Å². The van der Waals surface area contributed by atoms with Gasteiger partial charge in [-0.1, -0.05) is 50.4 Å². The molecule has 4 fully saturated rings. The van der Waals surface area contributed by atoms with Gasteiger partial charge in [0.15, 0.2) is 0 Å². The molecule has 1 atom stereocenters. The highest BCUT2D eigenvalue weighted by Gasteiger charge is 2.68. The first-order valence-corrected chi connectivity index (χ1v) is 20.4. The van der Waals surface area contributed by atoms with Crippen molar-refractivity contribution in [1.29, 1.82) is 5.26 Å². The van der Waals surface area contributed by atoms with E-state index >= 15 is 0 Å². The van der Waals surface area contributed by atoms with Crippen LogP contribution in [0.15, 0.2) is 59.5 Å². The van der Waals surface area contributed by atoms with Crippen LogP contribution in [0.3, 0.4) is 0 Å². The number of benzene rings is 2. The molecule has 3 amide bonds. The molecule has 8 rings (SSSR count). The molecule has 2 N–H and O–H groups in total. The van der Waals surface area contributed by atoms with Crippen molar-refractivity contribution < 1.29 is 19.1 Å². The normalized spacial score (nSPS) is 23.2. The summed E-state index contributed by atoms with van der Waals surface area (Å²) in [5.74, 6) is 6.52. The van der Waals surface area contributed by atoms with Crippen molar-refractivity contribution in [3.63, 3.8) is 0 Å². The second-order valence-electron chi connectivity index (χ2n) is 17.4. The Morgan fingerprint density at radius 2 is 1.75 bits per heavy atom. The van der Waals surface area contributed by atoms with Crippen LogP contribution in [0.5, 0.6) is 5.75 Å². The molecule has 15 heteroatoms. The number of carbonyl (C=O) groups is 3. The summed E-state index contributed by atoms with van der Waals surface area (Å²) >= 11 is 6.27. The summed E-state index contributed by atoms with van der Waals surface area (Å²) in [6, 6.07) is 14.4. The van der Waals surface area contributed by atoms with E-state index in [0.29, 0.717) is 45.3 Å². The molecule has 1 saturated carbocycles. The molecule has 4 aliphatic rings. The van der Waals surface area contributed by atoms with E-state index in [-0.39, 0.29) is 23.8 Å². The van der Waals surface area contributed by atoms with Crippen molar-refractivity contribution in [3.8, 4) is 23.7 Å². The van der Waals surface area contributed by atoms with Crippen LogP contribution in [0.1, 0.15) is 81.0 Å². The van der Waals surface area contributed by atoms with Crippen LogP contribution in [-0.2, 0) is 9.59 Å². The minimum absolute atomic E-state index is 0.0799. The number of nitrogens with two attached hydrogens (primary N) is 1. The number of imide groups is 1. The molecule has 304 valence electrons. The fraction of sp³-hybridized carbons (Fsp3) is 0.455. The summed E-state index contributed by atoms with van der Waals surface area (Å²) in [5, 5.41) is 18.6. The average Bonchev–Trinajstić information content (AvgIpc) is 3.19. The quantitative estimate of drug-likeness (QED) is 0.194. The Hall–Kier alpha value is -5.83. The summed E-state index contributed by atoms with van der Waals surface area (Å²) in [7, 11) is 0. The SMILES string of the molecule is CC1(C)C(Oc2ccc(C#N)c(Cl)c2)C(C)(C)C1N1C(=O)CCC(n2nnc3cc(N4CC(CN5CCC(C#Cc6ccc(C(N)=O)cn6)CC5)C4)ccc3c2=O)C1=O. The standard InChI is InChI=1S/C44H46ClN9O5/c1-43(2)41(44(3,4)42(43)59-32-11-7-28(21-46)34(45)20-32)53-37(55)14-13-36(40(53)58)54-39(57)33-12-10-31(19-35(33)49-50-54)52-24-27(25-52)23-51-17-15-26(16-18-51)5-8-30-9-6-29(22-48-30)38(47)56/h6-7,9-12,19-20,22,26-27,36,41-42H,13-18,23-25H2,1-4H3,(H2,47,56).